The zero-order valence-corrected chi connectivity index (χ0v) is 18.9. The zero-order chi connectivity index (χ0) is 21.3. The minimum Gasteiger partial charge on any atom is -0.477 e. The van der Waals surface area contributed by atoms with Gasteiger partial charge in [-0.25, -0.2) is 13.2 Å². The van der Waals surface area contributed by atoms with Crippen molar-refractivity contribution in [1.82, 2.24) is 10.0 Å². The van der Waals surface area contributed by atoms with Crippen molar-refractivity contribution in [3.8, 4) is 0 Å². The van der Waals surface area contributed by atoms with E-state index in [-0.39, 0.29) is 16.5 Å². The first-order valence-electron chi connectivity index (χ1n) is 8.18. The normalized spacial score (nSPS) is 15.7. The van der Waals surface area contributed by atoms with Gasteiger partial charge in [0.25, 0.3) is 5.91 Å². The van der Waals surface area contributed by atoms with Gasteiger partial charge in [0.2, 0.25) is 10.0 Å². The third-order valence-corrected chi connectivity index (χ3v) is 6.75. The second kappa shape index (κ2) is 8.27. The van der Waals surface area contributed by atoms with Gasteiger partial charge >= 0.3 is 5.97 Å². The van der Waals surface area contributed by atoms with Crippen LogP contribution in [0.2, 0.25) is 0 Å². The van der Waals surface area contributed by atoms with E-state index >= 15 is 0 Å². The summed E-state index contributed by atoms with van der Waals surface area (Å²) in [6.45, 7) is 0. The quantitative estimate of drug-likeness (QED) is 0.458. The van der Waals surface area contributed by atoms with Gasteiger partial charge in [0.05, 0.1) is 10.9 Å². The van der Waals surface area contributed by atoms with Crippen molar-refractivity contribution in [2.45, 2.75) is 10.9 Å². The summed E-state index contributed by atoms with van der Waals surface area (Å²) in [5.74, 6) is -1.55. The molecule has 4 N–H and O–H groups in total. The molecule has 3 rings (SSSR count). The van der Waals surface area contributed by atoms with Crippen LogP contribution in [-0.4, -0.2) is 32.4 Å². The first-order valence-corrected chi connectivity index (χ1v) is 11.2. The molecule has 1 aliphatic heterocycles. The molecule has 0 bridgehead atoms. The van der Waals surface area contributed by atoms with Crippen LogP contribution in [0.3, 0.4) is 0 Å². The van der Waals surface area contributed by atoms with E-state index in [0.29, 0.717) is 25.8 Å². The number of anilines is 1. The van der Waals surface area contributed by atoms with Crippen molar-refractivity contribution < 1.29 is 23.1 Å². The minimum absolute atomic E-state index is 0.0521. The fourth-order valence-corrected chi connectivity index (χ4v) is 5.45. The van der Waals surface area contributed by atoms with Crippen LogP contribution in [0.4, 0.5) is 5.69 Å². The van der Waals surface area contributed by atoms with Gasteiger partial charge in [0, 0.05) is 32.8 Å². The van der Waals surface area contributed by atoms with Gasteiger partial charge in [-0.3, -0.25) is 4.79 Å². The van der Waals surface area contributed by atoms with Gasteiger partial charge < -0.3 is 15.7 Å². The van der Waals surface area contributed by atoms with Crippen LogP contribution < -0.4 is 15.4 Å². The summed E-state index contributed by atoms with van der Waals surface area (Å²) in [6, 6.07) is 7.89. The lowest BCUT2D eigenvalue weighted by Crippen LogP contribution is -2.32. The Hall–Kier alpha value is -2.21. The number of benzene rings is 2. The molecule has 1 atom stereocenters. The van der Waals surface area contributed by atoms with Crippen LogP contribution in [-0.2, 0) is 14.8 Å². The molecule has 152 valence electrons. The first-order chi connectivity index (χ1) is 13.6. The number of carbonyl (C=O) groups excluding carboxylic acids is 1. The summed E-state index contributed by atoms with van der Waals surface area (Å²) in [4.78, 5) is 23.1. The standard InChI is InChI=1S/C18H15Br2N3O5S/c1-21-17(24)9-2-4-11(5-3-9)29(27,28)23-14-8-15(18(25)26)22-13-7-10(19)6-12(20)16(13)14/h2-8,14,22-23H,1H3,(H,21,24)(H,25,26). The highest BCUT2D eigenvalue weighted by molar-refractivity contribution is 9.11. The highest BCUT2D eigenvalue weighted by Gasteiger charge is 2.29. The summed E-state index contributed by atoms with van der Waals surface area (Å²) < 4.78 is 29.6. The van der Waals surface area contributed by atoms with Gasteiger partial charge in [-0.05, 0) is 42.5 Å². The molecule has 29 heavy (non-hydrogen) atoms. The average Bonchev–Trinajstić information content (AvgIpc) is 2.66. The molecule has 0 radical (unpaired) electrons. The van der Waals surface area contributed by atoms with Crippen LogP contribution in [0.25, 0.3) is 0 Å². The van der Waals surface area contributed by atoms with Crippen LogP contribution in [0.1, 0.15) is 22.0 Å². The van der Waals surface area contributed by atoms with Gasteiger partial charge in [0.15, 0.2) is 0 Å². The molecule has 1 aliphatic rings. The average molecular weight is 545 g/mol. The van der Waals surface area contributed by atoms with E-state index in [1.807, 2.05) is 0 Å². The number of fused-ring (bicyclic) bond motifs is 1. The molecule has 0 fully saturated rings. The van der Waals surface area contributed by atoms with E-state index in [1.54, 1.807) is 12.1 Å². The van der Waals surface area contributed by atoms with Crippen molar-refractivity contribution in [1.29, 1.82) is 0 Å². The molecule has 2 aromatic rings. The number of rotatable bonds is 5. The molecule has 0 saturated carbocycles. The summed E-state index contributed by atoms with van der Waals surface area (Å²) in [7, 11) is -2.53. The molecular formula is C18H15Br2N3O5S. The fourth-order valence-electron chi connectivity index (χ4n) is 2.82. The van der Waals surface area contributed by atoms with Crippen molar-refractivity contribution in [2.75, 3.05) is 12.4 Å². The molecule has 0 saturated heterocycles. The Kier molecular flexibility index (Phi) is 6.13. The summed E-state index contributed by atoms with van der Waals surface area (Å²) in [6.07, 6.45) is 1.29. The number of aliphatic carboxylic acids is 1. The number of nitrogens with one attached hydrogen (secondary N) is 3. The topological polar surface area (TPSA) is 125 Å². The third-order valence-electron chi connectivity index (χ3n) is 4.17. The van der Waals surface area contributed by atoms with Crippen molar-refractivity contribution in [3.63, 3.8) is 0 Å². The fraction of sp³-hybridized carbons (Fsp3) is 0.111. The number of hydrogen-bond donors (Lipinski definition) is 4. The van der Waals surface area contributed by atoms with Gasteiger partial charge in [0.1, 0.15) is 5.70 Å². The Bertz CT molecular complexity index is 1130. The summed E-state index contributed by atoms with van der Waals surface area (Å²) in [5, 5.41) is 14.6. The SMILES string of the molecule is CNC(=O)c1ccc(S(=O)(=O)NC2C=C(C(=O)O)Nc3cc(Br)cc(Br)c32)cc1. The van der Waals surface area contributed by atoms with Gasteiger partial charge in [-0.15, -0.1) is 0 Å². The minimum atomic E-state index is -4.01. The Labute approximate surface area is 183 Å². The first kappa shape index (κ1) is 21.5. The maximum atomic E-state index is 12.9. The molecule has 0 spiro atoms. The number of carboxylic acids is 1. The molecule has 11 heteroatoms. The van der Waals surface area contributed by atoms with E-state index in [2.05, 4.69) is 47.2 Å². The molecule has 0 aliphatic carbocycles. The summed E-state index contributed by atoms with van der Waals surface area (Å²) in [5.41, 5.74) is 1.17. The van der Waals surface area contributed by atoms with Crippen LogP contribution in [0, 0.1) is 0 Å². The monoisotopic (exact) mass is 543 g/mol. The maximum Gasteiger partial charge on any atom is 0.352 e. The van der Waals surface area contributed by atoms with E-state index in [1.165, 1.54) is 37.4 Å². The predicted octanol–water partition coefficient (Wildman–Crippen LogP) is 2.98. The lowest BCUT2D eigenvalue weighted by Gasteiger charge is -2.26. The van der Waals surface area contributed by atoms with E-state index in [9.17, 15) is 23.1 Å². The van der Waals surface area contributed by atoms with E-state index in [4.69, 9.17) is 0 Å². The molecule has 2 aromatic carbocycles. The number of amides is 1. The maximum absolute atomic E-state index is 12.9. The summed E-state index contributed by atoms with van der Waals surface area (Å²) >= 11 is 6.73. The second-order valence-corrected chi connectivity index (χ2v) is 9.55. The molecule has 8 nitrogen and oxygen atoms in total. The number of sulfonamides is 1. The number of halogens is 2. The molecule has 1 amide bonds. The van der Waals surface area contributed by atoms with Crippen LogP contribution >= 0.6 is 31.9 Å². The van der Waals surface area contributed by atoms with E-state index < -0.39 is 22.0 Å². The lowest BCUT2D eigenvalue weighted by molar-refractivity contribution is -0.132. The largest absolute Gasteiger partial charge is 0.477 e. The van der Waals surface area contributed by atoms with Gasteiger partial charge in [-0.1, -0.05) is 31.9 Å². The molecule has 1 unspecified atom stereocenters. The third kappa shape index (κ3) is 4.53. The highest BCUT2D eigenvalue weighted by atomic mass is 79.9. The van der Waals surface area contributed by atoms with Crippen LogP contribution in [0.15, 0.2) is 62.0 Å². The lowest BCUT2D eigenvalue weighted by atomic mass is 10.0. The molecular weight excluding hydrogens is 530 g/mol. The number of carbonyl (C=O) groups is 2. The van der Waals surface area contributed by atoms with Crippen LogP contribution in [0.5, 0.6) is 0 Å². The number of carboxylic acid groups (broad SMARTS) is 1. The van der Waals surface area contributed by atoms with Crippen molar-refractivity contribution >= 4 is 59.4 Å². The predicted molar refractivity (Wildman–Crippen MR) is 114 cm³/mol. The highest BCUT2D eigenvalue weighted by Crippen LogP contribution is 2.39. The molecule has 0 aromatic heterocycles. The Morgan fingerprint density at radius 1 is 1.14 bits per heavy atom. The van der Waals surface area contributed by atoms with Gasteiger partial charge in [-0.2, -0.15) is 4.72 Å². The Morgan fingerprint density at radius 2 is 1.79 bits per heavy atom. The zero-order valence-electron chi connectivity index (χ0n) is 14.9. The Morgan fingerprint density at radius 3 is 2.38 bits per heavy atom. The Balaban J connectivity index is 1.99. The second-order valence-electron chi connectivity index (χ2n) is 6.06. The molecule has 1 heterocycles. The van der Waals surface area contributed by atoms with Crippen molar-refractivity contribution in [3.05, 3.63) is 68.2 Å². The number of hydrogen-bond acceptors (Lipinski definition) is 5. The smallest absolute Gasteiger partial charge is 0.352 e. The van der Waals surface area contributed by atoms with E-state index in [0.717, 1.165) is 0 Å². The van der Waals surface area contributed by atoms with Crippen molar-refractivity contribution in [2.24, 2.45) is 0 Å².